The largest absolute Gasteiger partial charge is 0.307 e. The van der Waals surface area contributed by atoms with Crippen molar-refractivity contribution in [2.45, 2.75) is 0 Å². The lowest BCUT2D eigenvalue weighted by molar-refractivity contribution is 0.953. The molecule has 8 heteroatoms. The minimum atomic E-state index is 0.509. The van der Waals surface area contributed by atoms with E-state index in [-0.39, 0.29) is 0 Å². The first-order valence-corrected chi connectivity index (χ1v) is 22.6. The summed E-state index contributed by atoms with van der Waals surface area (Å²) < 4.78 is 4.59. The molecule has 0 unspecified atom stereocenters. The molecule has 4 heterocycles. The number of hydrogen-bond acceptors (Lipinski definition) is 6. The first-order valence-electron chi connectivity index (χ1n) is 22.6. The molecule has 0 radical (unpaired) electrons. The second-order valence-corrected chi connectivity index (χ2v) is 16.7. The third kappa shape index (κ3) is 6.70. The Balaban J connectivity index is 1.03. The van der Waals surface area contributed by atoms with Crippen molar-refractivity contribution in [3.63, 3.8) is 0 Å². The summed E-state index contributed by atoms with van der Waals surface area (Å²) in [5, 5.41) is 4.52. The molecule has 0 atom stereocenters. The van der Waals surface area contributed by atoms with Gasteiger partial charge in [-0.1, -0.05) is 194 Å². The van der Waals surface area contributed by atoms with Crippen molar-refractivity contribution in [1.82, 2.24) is 39.0 Å². The molecule has 0 N–H and O–H groups in total. The second-order valence-electron chi connectivity index (χ2n) is 16.7. The van der Waals surface area contributed by atoms with Crippen molar-refractivity contribution in [2.24, 2.45) is 0 Å². The number of benzene rings is 9. The van der Waals surface area contributed by atoms with E-state index in [9.17, 15) is 0 Å². The highest BCUT2D eigenvalue weighted by Gasteiger charge is 2.24. The van der Waals surface area contributed by atoms with Crippen LogP contribution in [0.3, 0.4) is 0 Å². The molecule has 0 spiro atoms. The minimum absolute atomic E-state index is 0.509. The summed E-state index contributed by atoms with van der Waals surface area (Å²) in [7, 11) is 0. The van der Waals surface area contributed by atoms with Gasteiger partial charge in [-0.2, -0.15) is 9.97 Å². The van der Waals surface area contributed by atoms with E-state index in [0.717, 1.165) is 82.9 Å². The molecule has 0 bridgehead atoms. The van der Waals surface area contributed by atoms with E-state index in [1.54, 1.807) is 0 Å². The first-order chi connectivity index (χ1) is 33.7. The van der Waals surface area contributed by atoms with E-state index in [2.05, 4.69) is 155 Å². The fourth-order valence-electron chi connectivity index (χ4n) is 9.48. The number of fused-ring (bicyclic) bond motifs is 7. The topological polar surface area (TPSA) is 87.2 Å². The van der Waals surface area contributed by atoms with Crippen LogP contribution in [0, 0.1) is 0 Å². The molecule has 68 heavy (non-hydrogen) atoms. The molecule has 8 nitrogen and oxygen atoms in total. The lowest BCUT2D eigenvalue weighted by atomic mass is 10.0. The van der Waals surface area contributed by atoms with Gasteiger partial charge in [0, 0.05) is 55.0 Å². The molecule has 0 aliphatic rings. The van der Waals surface area contributed by atoms with E-state index < -0.39 is 0 Å². The van der Waals surface area contributed by atoms with Crippen molar-refractivity contribution in [2.75, 3.05) is 0 Å². The summed E-state index contributed by atoms with van der Waals surface area (Å²) >= 11 is 0. The summed E-state index contributed by atoms with van der Waals surface area (Å²) in [5.41, 5.74) is 11.7. The Morgan fingerprint density at radius 1 is 0.235 bits per heavy atom. The Hall–Kier alpha value is -9.40. The van der Waals surface area contributed by atoms with Crippen molar-refractivity contribution < 1.29 is 0 Å². The highest BCUT2D eigenvalue weighted by Crippen LogP contribution is 2.42. The monoisotopic (exact) mass is 870 g/mol. The molecule has 4 aromatic heterocycles. The first kappa shape index (κ1) is 39.0. The maximum atomic E-state index is 5.42. The SMILES string of the molecule is c1ccc(-c2cccc(-c3nc(-c4ccccc4)nc(-c4cccc(-c5nc(-c6ccccc6)nc(-n6c7ccccc7c7ccc8c9ccccc9n(-c9ccccc9)c8c76)n5)c4)n3)c2)cc1. The lowest BCUT2D eigenvalue weighted by Gasteiger charge is -2.13. The van der Waals surface area contributed by atoms with Crippen LogP contribution in [0.15, 0.2) is 231 Å². The molecule has 0 saturated carbocycles. The van der Waals surface area contributed by atoms with Gasteiger partial charge in [-0.3, -0.25) is 4.57 Å². The third-order valence-electron chi connectivity index (χ3n) is 12.6. The highest BCUT2D eigenvalue weighted by atomic mass is 15.2. The molecule has 9 aromatic carbocycles. The summed E-state index contributed by atoms with van der Waals surface area (Å²) in [6.45, 7) is 0. The molecule has 0 fully saturated rings. The molecule has 13 aromatic rings. The summed E-state index contributed by atoms with van der Waals surface area (Å²) in [4.78, 5) is 31.3. The predicted molar refractivity (Wildman–Crippen MR) is 275 cm³/mol. The van der Waals surface area contributed by atoms with Gasteiger partial charge in [0.05, 0.1) is 22.1 Å². The quantitative estimate of drug-likeness (QED) is 0.151. The van der Waals surface area contributed by atoms with E-state index in [0.29, 0.717) is 35.1 Å². The second kappa shape index (κ2) is 16.2. The van der Waals surface area contributed by atoms with Crippen LogP contribution in [0.4, 0.5) is 0 Å². The van der Waals surface area contributed by atoms with Crippen molar-refractivity contribution in [3.05, 3.63) is 231 Å². The normalized spacial score (nSPS) is 11.5. The van der Waals surface area contributed by atoms with Gasteiger partial charge in [0.2, 0.25) is 5.95 Å². The van der Waals surface area contributed by atoms with E-state index in [4.69, 9.17) is 29.9 Å². The average Bonchev–Trinajstić information content (AvgIpc) is 3.95. The maximum Gasteiger partial charge on any atom is 0.238 e. The molecular weight excluding hydrogens is 833 g/mol. The van der Waals surface area contributed by atoms with Crippen LogP contribution in [-0.2, 0) is 0 Å². The van der Waals surface area contributed by atoms with Crippen LogP contribution in [0.2, 0.25) is 0 Å². The number of aromatic nitrogens is 8. The zero-order valence-corrected chi connectivity index (χ0v) is 36.5. The molecule has 0 saturated heterocycles. The van der Waals surface area contributed by atoms with Gasteiger partial charge < -0.3 is 4.57 Å². The molecule has 13 rings (SSSR count). The fraction of sp³-hybridized carbons (Fsp3) is 0. The van der Waals surface area contributed by atoms with Crippen LogP contribution >= 0.6 is 0 Å². The van der Waals surface area contributed by atoms with Crippen LogP contribution < -0.4 is 0 Å². The van der Waals surface area contributed by atoms with E-state index in [1.165, 1.54) is 5.39 Å². The van der Waals surface area contributed by atoms with Crippen LogP contribution in [0.25, 0.3) is 123 Å². The van der Waals surface area contributed by atoms with Crippen molar-refractivity contribution in [1.29, 1.82) is 0 Å². The molecule has 318 valence electrons. The lowest BCUT2D eigenvalue weighted by Crippen LogP contribution is -2.07. The zero-order valence-electron chi connectivity index (χ0n) is 36.5. The Morgan fingerprint density at radius 3 is 1.12 bits per heavy atom. The number of hydrogen-bond donors (Lipinski definition) is 0. The van der Waals surface area contributed by atoms with Gasteiger partial charge in [-0.25, -0.2) is 19.9 Å². The standard InChI is InChI=1S/C60H38N8/c1-5-19-39(20-6-1)42-25-17-26-43(37-42)57-61-55(40-21-7-2-8-22-40)62-58(64-57)44-27-18-28-45(38-44)59-63-56(41-23-9-3-10-24-41)65-60(66-59)68-52-34-16-14-32-48(52)50-36-35-49-47-31-13-15-33-51(47)67(53(49)54(50)68)46-29-11-4-12-30-46/h1-38H. The Kier molecular flexibility index (Phi) is 9.31. The smallest absolute Gasteiger partial charge is 0.238 e. The number of para-hydroxylation sites is 3. The Morgan fingerprint density at radius 2 is 0.588 bits per heavy atom. The van der Waals surface area contributed by atoms with Crippen LogP contribution in [0.1, 0.15) is 0 Å². The van der Waals surface area contributed by atoms with Gasteiger partial charge in [0.1, 0.15) is 0 Å². The van der Waals surface area contributed by atoms with Gasteiger partial charge in [0.25, 0.3) is 0 Å². The fourth-order valence-corrected chi connectivity index (χ4v) is 9.48. The number of nitrogens with zero attached hydrogens (tertiary/aromatic N) is 8. The van der Waals surface area contributed by atoms with E-state index in [1.807, 2.05) is 84.9 Å². The zero-order chi connectivity index (χ0) is 45.0. The van der Waals surface area contributed by atoms with Crippen LogP contribution in [-0.4, -0.2) is 39.0 Å². The van der Waals surface area contributed by atoms with Crippen LogP contribution in [0.5, 0.6) is 0 Å². The van der Waals surface area contributed by atoms with Crippen molar-refractivity contribution in [3.8, 4) is 79.7 Å². The van der Waals surface area contributed by atoms with Gasteiger partial charge in [-0.15, -0.1) is 0 Å². The van der Waals surface area contributed by atoms with Gasteiger partial charge in [-0.05, 0) is 47.5 Å². The van der Waals surface area contributed by atoms with Crippen molar-refractivity contribution >= 4 is 43.6 Å². The number of rotatable bonds is 8. The van der Waals surface area contributed by atoms with Gasteiger partial charge in [0.15, 0.2) is 29.1 Å². The minimum Gasteiger partial charge on any atom is -0.307 e. The summed E-state index contributed by atoms with van der Waals surface area (Å²) in [6.07, 6.45) is 0. The average molecular weight is 871 g/mol. The Bertz CT molecular complexity index is 4010. The molecular formula is C60H38N8. The summed E-state index contributed by atoms with van der Waals surface area (Å²) in [5.74, 6) is 3.29. The molecule has 0 aliphatic heterocycles. The molecule has 0 aliphatic carbocycles. The highest BCUT2D eigenvalue weighted by molar-refractivity contribution is 6.23. The van der Waals surface area contributed by atoms with E-state index >= 15 is 0 Å². The maximum absolute atomic E-state index is 5.42. The molecule has 0 amide bonds. The third-order valence-corrected chi connectivity index (χ3v) is 12.6. The Labute approximate surface area is 391 Å². The summed E-state index contributed by atoms with van der Waals surface area (Å²) in [6, 6.07) is 79.2. The predicted octanol–water partition coefficient (Wildman–Crippen LogP) is 14.3. The van der Waals surface area contributed by atoms with Gasteiger partial charge >= 0.3 is 0 Å².